The molecule has 6 rings (SSSR count). The maximum Gasteiger partial charge on any atom is 0.255 e. The predicted octanol–water partition coefficient (Wildman–Crippen LogP) is 3.24. The number of rotatable bonds is 7. The lowest BCUT2D eigenvalue weighted by Crippen LogP contribution is -2.52. The fourth-order valence-corrected chi connectivity index (χ4v) is 5.75. The third-order valence-corrected chi connectivity index (χ3v) is 7.78. The molecule has 4 heterocycles. The fraction of sp³-hybridized carbons (Fsp3) is 0.414. The number of nitrogens with one attached hydrogen (secondary N) is 1. The van der Waals surface area contributed by atoms with Gasteiger partial charge in [0.1, 0.15) is 18.4 Å². The Balaban J connectivity index is 1.10. The first-order valence-corrected chi connectivity index (χ1v) is 13.5. The lowest BCUT2D eigenvalue weighted by atomic mass is 10.0. The second-order valence-corrected chi connectivity index (χ2v) is 10.5. The number of fused-ring (bicyclic) bond motifs is 1. The Kier molecular flexibility index (Phi) is 6.86. The molecule has 3 aliphatic rings. The summed E-state index contributed by atoms with van der Waals surface area (Å²) in [6, 6.07) is 13.4. The molecule has 2 fully saturated rings. The number of nitrogens with zero attached hydrogens (tertiary/aromatic N) is 4. The molecular formula is C29H31N5O5. The average Bonchev–Trinajstić information content (AvgIpc) is 3.51. The first-order valence-electron chi connectivity index (χ1n) is 13.5. The van der Waals surface area contributed by atoms with E-state index in [-0.39, 0.29) is 24.3 Å². The molecule has 2 atom stereocenters. The quantitative estimate of drug-likeness (QED) is 0.464. The van der Waals surface area contributed by atoms with Crippen molar-refractivity contribution in [3.05, 3.63) is 65.0 Å². The number of hydrogen-bond acceptors (Lipinski definition) is 8. The first kappa shape index (κ1) is 25.2. The molecule has 3 aromatic rings. The Labute approximate surface area is 226 Å². The van der Waals surface area contributed by atoms with Crippen LogP contribution in [-0.4, -0.2) is 62.9 Å². The molecule has 1 aromatic heterocycles. The van der Waals surface area contributed by atoms with E-state index in [0.29, 0.717) is 42.6 Å². The van der Waals surface area contributed by atoms with Crippen LogP contribution in [0.15, 0.2) is 47.0 Å². The van der Waals surface area contributed by atoms with Gasteiger partial charge in [-0.15, -0.1) is 0 Å². The van der Waals surface area contributed by atoms with Crippen LogP contribution >= 0.6 is 0 Å². The van der Waals surface area contributed by atoms with E-state index in [1.54, 1.807) is 17.9 Å². The molecule has 10 heteroatoms. The molecule has 2 saturated heterocycles. The predicted molar refractivity (Wildman–Crippen MR) is 141 cm³/mol. The van der Waals surface area contributed by atoms with E-state index in [2.05, 4.69) is 32.5 Å². The van der Waals surface area contributed by atoms with Crippen LogP contribution in [0.3, 0.4) is 0 Å². The van der Waals surface area contributed by atoms with Crippen molar-refractivity contribution in [1.29, 1.82) is 0 Å². The smallest absolute Gasteiger partial charge is 0.255 e. The third kappa shape index (κ3) is 5.29. The molecule has 1 unspecified atom stereocenters. The van der Waals surface area contributed by atoms with Crippen molar-refractivity contribution in [2.24, 2.45) is 0 Å². The monoisotopic (exact) mass is 529 g/mol. The van der Waals surface area contributed by atoms with E-state index < -0.39 is 11.9 Å². The highest BCUT2D eigenvalue weighted by atomic mass is 16.5. The van der Waals surface area contributed by atoms with Crippen molar-refractivity contribution in [3.8, 4) is 17.1 Å². The van der Waals surface area contributed by atoms with Crippen LogP contribution in [0, 0.1) is 6.92 Å². The Morgan fingerprint density at radius 2 is 2.00 bits per heavy atom. The number of ether oxygens (including phenoxy) is 1. The highest BCUT2D eigenvalue weighted by Crippen LogP contribution is 2.31. The molecule has 3 amide bonds. The molecule has 0 aliphatic carbocycles. The summed E-state index contributed by atoms with van der Waals surface area (Å²) >= 11 is 0. The minimum Gasteiger partial charge on any atom is -0.492 e. The number of aromatic nitrogens is 2. The maximum absolute atomic E-state index is 13.0. The lowest BCUT2D eigenvalue weighted by molar-refractivity contribution is -0.136. The van der Waals surface area contributed by atoms with Crippen molar-refractivity contribution >= 4 is 17.7 Å². The summed E-state index contributed by atoms with van der Waals surface area (Å²) in [6.45, 7) is 4.47. The lowest BCUT2D eigenvalue weighted by Gasteiger charge is -2.35. The minimum absolute atomic E-state index is 0.178. The van der Waals surface area contributed by atoms with Crippen molar-refractivity contribution in [3.63, 3.8) is 0 Å². The van der Waals surface area contributed by atoms with E-state index in [9.17, 15) is 14.4 Å². The van der Waals surface area contributed by atoms with Gasteiger partial charge in [0.25, 0.3) is 5.91 Å². The zero-order valence-corrected chi connectivity index (χ0v) is 21.9. The first-order chi connectivity index (χ1) is 18.9. The molecule has 1 N–H and O–H groups in total. The van der Waals surface area contributed by atoms with Gasteiger partial charge in [0, 0.05) is 43.6 Å². The molecule has 3 aliphatic heterocycles. The van der Waals surface area contributed by atoms with Crippen LogP contribution in [0.4, 0.5) is 0 Å². The number of likely N-dealkylation sites (tertiary alicyclic amines) is 1. The zero-order chi connectivity index (χ0) is 26.9. The van der Waals surface area contributed by atoms with Crippen molar-refractivity contribution in [1.82, 2.24) is 25.3 Å². The second kappa shape index (κ2) is 10.6. The van der Waals surface area contributed by atoms with Crippen LogP contribution in [0.2, 0.25) is 0 Å². The standard InChI is InChI=1S/C29H31N5O5/c1-18-30-27(32-39-18)20-6-4-5-19(13-20)15-33-12-3-2-7-22(33)17-38-23-8-9-24-21(14-23)16-34(29(24)37)25-10-11-26(35)31-28(25)36/h4-6,8-9,13-14,22,25H,2-3,7,10-12,15-17H2,1H3,(H,31,35,36)/t22-,25?/m1/s1. The topological polar surface area (TPSA) is 118 Å². The Morgan fingerprint density at radius 1 is 1.10 bits per heavy atom. The number of amides is 3. The summed E-state index contributed by atoms with van der Waals surface area (Å²) < 4.78 is 11.4. The summed E-state index contributed by atoms with van der Waals surface area (Å²) in [7, 11) is 0. The van der Waals surface area contributed by atoms with E-state index >= 15 is 0 Å². The fourth-order valence-electron chi connectivity index (χ4n) is 5.75. The number of piperidine rings is 2. The van der Waals surface area contributed by atoms with Gasteiger partial charge < -0.3 is 14.2 Å². The average molecular weight is 530 g/mol. The number of imide groups is 1. The second-order valence-electron chi connectivity index (χ2n) is 10.5. The Morgan fingerprint density at radius 3 is 2.82 bits per heavy atom. The van der Waals surface area contributed by atoms with E-state index in [1.807, 2.05) is 24.3 Å². The van der Waals surface area contributed by atoms with E-state index in [1.165, 1.54) is 5.56 Å². The normalized spacial score (nSPS) is 21.7. The van der Waals surface area contributed by atoms with E-state index in [0.717, 1.165) is 43.5 Å². The van der Waals surface area contributed by atoms with Gasteiger partial charge in [0.05, 0.1) is 0 Å². The minimum atomic E-state index is -0.620. The zero-order valence-electron chi connectivity index (χ0n) is 21.9. The van der Waals surface area contributed by atoms with Gasteiger partial charge in [-0.2, -0.15) is 4.98 Å². The number of carbonyl (C=O) groups excluding carboxylic acids is 3. The molecule has 0 bridgehead atoms. The molecule has 39 heavy (non-hydrogen) atoms. The van der Waals surface area contributed by atoms with Crippen LogP contribution in [0.25, 0.3) is 11.4 Å². The summed E-state index contributed by atoms with van der Waals surface area (Å²) in [4.78, 5) is 45.2. The Hall–Kier alpha value is -4.05. The van der Waals surface area contributed by atoms with E-state index in [4.69, 9.17) is 9.26 Å². The molecule has 2 aromatic carbocycles. The van der Waals surface area contributed by atoms with Gasteiger partial charge in [-0.1, -0.05) is 29.8 Å². The van der Waals surface area contributed by atoms with Gasteiger partial charge in [0.15, 0.2) is 0 Å². The van der Waals surface area contributed by atoms with Crippen LogP contribution in [-0.2, 0) is 22.7 Å². The summed E-state index contributed by atoms with van der Waals surface area (Å²) in [6.07, 6.45) is 3.95. The molecule has 0 spiro atoms. The number of hydrogen-bond donors (Lipinski definition) is 1. The van der Waals surface area contributed by atoms with Crippen molar-refractivity contribution < 1.29 is 23.6 Å². The van der Waals surface area contributed by atoms with Gasteiger partial charge >= 0.3 is 0 Å². The summed E-state index contributed by atoms with van der Waals surface area (Å²) in [5.41, 5.74) is 3.55. The van der Waals surface area contributed by atoms with Gasteiger partial charge in [-0.05, 0) is 61.2 Å². The number of carbonyl (C=O) groups is 3. The largest absolute Gasteiger partial charge is 0.492 e. The molecular weight excluding hydrogens is 498 g/mol. The summed E-state index contributed by atoms with van der Waals surface area (Å²) in [5, 5.41) is 6.39. The highest BCUT2D eigenvalue weighted by molar-refractivity contribution is 6.05. The Bertz CT molecular complexity index is 1420. The van der Waals surface area contributed by atoms with Crippen molar-refractivity contribution in [2.75, 3.05) is 13.2 Å². The highest BCUT2D eigenvalue weighted by Gasteiger charge is 2.39. The SMILES string of the molecule is Cc1nc(-c2cccc(CN3CCCC[C@@H]3COc3ccc4c(c3)CN(C3CCC(=O)NC3=O)C4=O)c2)no1. The van der Waals surface area contributed by atoms with Crippen LogP contribution < -0.4 is 10.1 Å². The van der Waals surface area contributed by atoms with Gasteiger partial charge in [-0.3, -0.25) is 24.6 Å². The van der Waals surface area contributed by atoms with Crippen molar-refractivity contribution in [2.45, 2.75) is 64.2 Å². The molecule has 0 saturated carbocycles. The van der Waals surface area contributed by atoms with Crippen LogP contribution in [0.1, 0.15) is 59.5 Å². The number of aryl methyl sites for hydroxylation is 1. The van der Waals surface area contributed by atoms with Gasteiger partial charge in [-0.25, -0.2) is 0 Å². The third-order valence-electron chi connectivity index (χ3n) is 7.78. The molecule has 10 nitrogen and oxygen atoms in total. The summed E-state index contributed by atoms with van der Waals surface area (Å²) in [5.74, 6) is 0.985. The molecule has 202 valence electrons. The van der Waals surface area contributed by atoms with Gasteiger partial charge in [0.2, 0.25) is 23.5 Å². The maximum atomic E-state index is 13.0. The molecule has 0 radical (unpaired) electrons. The van der Waals surface area contributed by atoms with Crippen LogP contribution in [0.5, 0.6) is 5.75 Å². The number of benzene rings is 2.